The second-order valence-electron chi connectivity index (χ2n) is 14.8. The number of thiophene rings is 1. The van der Waals surface area contributed by atoms with Crippen molar-refractivity contribution in [3.05, 3.63) is 194 Å². The molecule has 12 rings (SSSR count). The minimum absolute atomic E-state index is 1.24. The van der Waals surface area contributed by atoms with E-state index in [2.05, 4.69) is 194 Å². The van der Waals surface area contributed by atoms with E-state index in [0.717, 1.165) is 0 Å². The van der Waals surface area contributed by atoms with Gasteiger partial charge in [0.05, 0.1) is 0 Å². The van der Waals surface area contributed by atoms with Gasteiger partial charge in [-0.05, 0) is 111 Å². The molecule has 0 fully saturated rings. The van der Waals surface area contributed by atoms with Crippen LogP contribution in [0.25, 0.3) is 118 Å². The van der Waals surface area contributed by atoms with Crippen molar-refractivity contribution in [3.63, 3.8) is 0 Å². The van der Waals surface area contributed by atoms with Gasteiger partial charge >= 0.3 is 0 Å². The van der Waals surface area contributed by atoms with Crippen LogP contribution in [0.15, 0.2) is 194 Å². The lowest BCUT2D eigenvalue weighted by molar-refractivity contribution is 1.67. The van der Waals surface area contributed by atoms with Crippen LogP contribution in [0, 0.1) is 0 Å². The van der Waals surface area contributed by atoms with Gasteiger partial charge in [0, 0.05) is 25.6 Å². The highest BCUT2D eigenvalue weighted by molar-refractivity contribution is 7.27. The second kappa shape index (κ2) is 11.9. The molecule has 0 aliphatic rings. The summed E-state index contributed by atoms with van der Waals surface area (Å²) in [6.45, 7) is 0. The largest absolute Gasteiger partial charge is 0.134 e. The first-order chi connectivity index (χ1) is 27.3. The van der Waals surface area contributed by atoms with Crippen LogP contribution in [-0.4, -0.2) is 0 Å². The third-order valence-corrected chi connectivity index (χ3v) is 13.0. The number of hydrogen-bond donors (Lipinski definition) is 0. The molecule has 0 nitrogen and oxygen atoms in total. The van der Waals surface area contributed by atoms with Crippen LogP contribution in [0.2, 0.25) is 0 Å². The minimum atomic E-state index is 1.24. The van der Waals surface area contributed by atoms with E-state index in [1.165, 1.54) is 118 Å². The quantitative estimate of drug-likeness (QED) is 0.126. The van der Waals surface area contributed by atoms with Crippen LogP contribution >= 0.6 is 11.3 Å². The van der Waals surface area contributed by atoms with Gasteiger partial charge in [-0.3, -0.25) is 0 Å². The van der Waals surface area contributed by atoms with Crippen molar-refractivity contribution >= 4 is 96.1 Å². The molecular formula is C54H32S. The Kier molecular flexibility index (Phi) is 6.60. The molecule has 0 unspecified atom stereocenters. The summed E-state index contributed by atoms with van der Waals surface area (Å²) in [6.07, 6.45) is 0. The van der Waals surface area contributed by atoms with E-state index in [4.69, 9.17) is 0 Å². The van der Waals surface area contributed by atoms with Crippen molar-refractivity contribution in [1.29, 1.82) is 0 Å². The molecule has 0 bridgehead atoms. The predicted octanol–water partition coefficient (Wildman–Crippen LogP) is 16.0. The average molecular weight is 713 g/mol. The molecule has 0 aliphatic heterocycles. The molecule has 0 spiro atoms. The summed E-state index contributed by atoms with van der Waals surface area (Å²) in [6, 6.07) is 72.1. The number of hydrogen-bond acceptors (Lipinski definition) is 1. The maximum atomic E-state index is 2.40. The molecule has 254 valence electrons. The van der Waals surface area contributed by atoms with Crippen molar-refractivity contribution in [1.82, 2.24) is 0 Å². The van der Waals surface area contributed by atoms with Gasteiger partial charge in [-0.1, -0.05) is 176 Å². The topological polar surface area (TPSA) is 0 Å². The van der Waals surface area contributed by atoms with Crippen molar-refractivity contribution in [3.8, 4) is 33.4 Å². The monoisotopic (exact) mass is 712 g/mol. The number of fused-ring (bicyclic) bond motifs is 12. The standard InChI is InChI=1S/C54H32S/c1-2-14-39-33(12-1)13-11-23-42(39)52-46-20-8-6-18-44(46)51(45-19-7-9-21-47(45)52)38-27-26-34-30-35(24-25-36(34)31-38)37-28-29-49-50(32-37)55-54-48-22-10-4-16-41(48)40-15-3-5-17-43(40)53(49)54/h1-32H. The Morgan fingerprint density at radius 1 is 0.273 bits per heavy atom. The summed E-state index contributed by atoms with van der Waals surface area (Å²) in [5, 5.41) is 18.2. The van der Waals surface area contributed by atoms with E-state index in [9.17, 15) is 0 Å². The zero-order valence-electron chi connectivity index (χ0n) is 29.9. The van der Waals surface area contributed by atoms with Crippen LogP contribution in [0.4, 0.5) is 0 Å². The van der Waals surface area contributed by atoms with Crippen LogP contribution < -0.4 is 0 Å². The van der Waals surface area contributed by atoms with Crippen molar-refractivity contribution < 1.29 is 0 Å². The van der Waals surface area contributed by atoms with Gasteiger partial charge in [-0.2, -0.15) is 0 Å². The van der Waals surface area contributed by atoms with E-state index in [-0.39, 0.29) is 0 Å². The van der Waals surface area contributed by atoms with Crippen molar-refractivity contribution in [2.75, 3.05) is 0 Å². The van der Waals surface area contributed by atoms with Gasteiger partial charge in [0.15, 0.2) is 0 Å². The molecule has 0 saturated heterocycles. The zero-order chi connectivity index (χ0) is 36.0. The lowest BCUT2D eigenvalue weighted by atomic mass is 9.84. The Morgan fingerprint density at radius 2 is 0.764 bits per heavy atom. The molecule has 0 radical (unpaired) electrons. The fourth-order valence-electron chi connectivity index (χ4n) is 9.34. The first kappa shape index (κ1) is 30.6. The highest BCUT2D eigenvalue weighted by atomic mass is 32.1. The Morgan fingerprint density at radius 3 is 1.47 bits per heavy atom. The summed E-state index contributed by atoms with van der Waals surface area (Å²) < 4.78 is 2.70. The Labute approximate surface area is 322 Å². The van der Waals surface area contributed by atoms with Crippen molar-refractivity contribution in [2.45, 2.75) is 0 Å². The summed E-state index contributed by atoms with van der Waals surface area (Å²) in [7, 11) is 0. The Hall–Kier alpha value is -6.80. The predicted molar refractivity (Wildman–Crippen MR) is 241 cm³/mol. The summed E-state index contributed by atoms with van der Waals surface area (Å²) >= 11 is 1.92. The first-order valence-electron chi connectivity index (χ1n) is 19.0. The van der Waals surface area contributed by atoms with Crippen LogP contribution in [0.1, 0.15) is 0 Å². The normalized spacial score (nSPS) is 12.0. The fourth-order valence-corrected chi connectivity index (χ4v) is 10.6. The zero-order valence-corrected chi connectivity index (χ0v) is 30.7. The SMILES string of the molecule is c1ccc2c(-c3c4ccccc4c(-c4ccc5cc(-c6ccc7c(c6)sc6c8ccccc8c8ccccc8c76)ccc5c4)c4ccccc34)cccc2c1. The summed E-state index contributed by atoms with van der Waals surface area (Å²) in [4.78, 5) is 0. The van der Waals surface area contributed by atoms with Crippen LogP contribution in [0.5, 0.6) is 0 Å². The van der Waals surface area contributed by atoms with E-state index in [1.54, 1.807) is 0 Å². The third kappa shape index (κ3) is 4.57. The number of benzene rings is 11. The second-order valence-corrected chi connectivity index (χ2v) is 15.8. The maximum Gasteiger partial charge on any atom is 0.0440 e. The minimum Gasteiger partial charge on any atom is -0.134 e. The molecule has 0 saturated carbocycles. The Bertz CT molecular complexity index is 3490. The molecule has 0 N–H and O–H groups in total. The molecule has 55 heavy (non-hydrogen) atoms. The smallest absolute Gasteiger partial charge is 0.0440 e. The van der Waals surface area contributed by atoms with E-state index >= 15 is 0 Å². The first-order valence-corrected chi connectivity index (χ1v) is 19.8. The van der Waals surface area contributed by atoms with Gasteiger partial charge in [0.25, 0.3) is 0 Å². The van der Waals surface area contributed by atoms with Gasteiger partial charge in [0.2, 0.25) is 0 Å². The molecule has 1 heteroatoms. The number of rotatable bonds is 3. The lowest BCUT2D eigenvalue weighted by Crippen LogP contribution is -1.91. The molecule has 1 aromatic heterocycles. The van der Waals surface area contributed by atoms with E-state index in [0.29, 0.717) is 0 Å². The Balaban J connectivity index is 1.01. The molecule has 11 aromatic carbocycles. The molecular weight excluding hydrogens is 681 g/mol. The summed E-state index contributed by atoms with van der Waals surface area (Å²) in [5.41, 5.74) is 7.59. The molecule has 0 amide bonds. The highest BCUT2D eigenvalue weighted by Gasteiger charge is 2.19. The van der Waals surface area contributed by atoms with Crippen molar-refractivity contribution in [2.24, 2.45) is 0 Å². The molecule has 0 aliphatic carbocycles. The molecule has 12 aromatic rings. The molecule has 1 heterocycles. The van der Waals surface area contributed by atoms with Gasteiger partial charge < -0.3 is 0 Å². The van der Waals surface area contributed by atoms with Crippen LogP contribution in [0.3, 0.4) is 0 Å². The molecule has 0 atom stereocenters. The lowest BCUT2D eigenvalue weighted by Gasteiger charge is -2.19. The fraction of sp³-hybridized carbons (Fsp3) is 0. The van der Waals surface area contributed by atoms with E-state index in [1.807, 2.05) is 11.3 Å². The third-order valence-electron chi connectivity index (χ3n) is 11.8. The average Bonchev–Trinajstić information content (AvgIpc) is 3.65. The van der Waals surface area contributed by atoms with Crippen LogP contribution in [-0.2, 0) is 0 Å². The van der Waals surface area contributed by atoms with Gasteiger partial charge in [-0.25, -0.2) is 0 Å². The van der Waals surface area contributed by atoms with Gasteiger partial charge in [0.1, 0.15) is 0 Å². The summed E-state index contributed by atoms with van der Waals surface area (Å²) in [5.74, 6) is 0. The maximum absolute atomic E-state index is 2.40. The van der Waals surface area contributed by atoms with Gasteiger partial charge in [-0.15, -0.1) is 11.3 Å². The highest BCUT2D eigenvalue weighted by Crippen LogP contribution is 2.47. The van der Waals surface area contributed by atoms with E-state index < -0.39 is 0 Å².